The van der Waals surface area contributed by atoms with Gasteiger partial charge in [-0.2, -0.15) is 5.10 Å². The lowest BCUT2D eigenvalue weighted by molar-refractivity contribution is 0.103. The highest BCUT2D eigenvalue weighted by Crippen LogP contribution is 2.35. The van der Waals surface area contributed by atoms with E-state index in [1.165, 1.54) is 41.2 Å². The molecule has 9 nitrogen and oxygen atoms in total. The smallest absolute Gasteiger partial charge is 0.268 e. The SMILES string of the molecule is Cc1ccc(S(=O)(=O)n2c(C(=O)c3cnn(-c4ccc5nc(C)[nH]c5c4)c3N)cc3c(Cl)cc(Cl)cc32)cc1. The van der Waals surface area contributed by atoms with Crippen molar-refractivity contribution in [2.45, 2.75) is 18.7 Å². The third-order valence-electron chi connectivity index (χ3n) is 6.46. The molecule has 0 aliphatic carbocycles. The molecule has 3 aromatic carbocycles. The number of anilines is 1. The van der Waals surface area contributed by atoms with Crippen molar-refractivity contribution >= 4 is 66.8 Å². The molecular weight excluding hydrogens is 559 g/mol. The normalized spacial score (nSPS) is 12.0. The lowest BCUT2D eigenvalue weighted by Gasteiger charge is -2.12. The Labute approximate surface area is 232 Å². The van der Waals surface area contributed by atoms with Crippen LogP contribution in [0.2, 0.25) is 10.0 Å². The van der Waals surface area contributed by atoms with Crippen LogP contribution < -0.4 is 5.73 Å². The van der Waals surface area contributed by atoms with Crippen LogP contribution in [0.15, 0.2) is 71.8 Å². The summed E-state index contributed by atoms with van der Waals surface area (Å²) in [7, 11) is -4.24. The molecule has 0 aliphatic rings. The van der Waals surface area contributed by atoms with Crippen molar-refractivity contribution in [3.8, 4) is 5.69 Å². The fourth-order valence-electron chi connectivity index (χ4n) is 4.57. The number of benzene rings is 3. The number of nitrogen functional groups attached to an aromatic ring is 1. The molecule has 0 saturated carbocycles. The second-order valence-electron chi connectivity index (χ2n) is 9.14. The average molecular weight is 579 g/mol. The van der Waals surface area contributed by atoms with E-state index in [2.05, 4.69) is 15.1 Å². The number of nitrogens with zero attached hydrogens (tertiary/aromatic N) is 4. The van der Waals surface area contributed by atoms with E-state index in [4.69, 9.17) is 28.9 Å². The van der Waals surface area contributed by atoms with Gasteiger partial charge >= 0.3 is 0 Å². The molecule has 3 heterocycles. The summed E-state index contributed by atoms with van der Waals surface area (Å²) in [6, 6.07) is 16.1. The third kappa shape index (κ3) is 4.08. The van der Waals surface area contributed by atoms with Crippen molar-refractivity contribution in [3.05, 3.63) is 99.6 Å². The maximum atomic E-state index is 13.9. The van der Waals surface area contributed by atoms with Crippen molar-refractivity contribution in [2.75, 3.05) is 5.73 Å². The van der Waals surface area contributed by atoms with Crippen LogP contribution in [0.25, 0.3) is 27.6 Å². The highest BCUT2D eigenvalue weighted by atomic mass is 35.5. The van der Waals surface area contributed by atoms with Crippen LogP contribution in [0.4, 0.5) is 5.82 Å². The van der Waals surface area contributed by atoms with Crippen LogP contribution in [0.5, 0.6) is 0 Å². The molecule has 0 aliphatic heterocycles. The topological polar surface area (TPSA) is 129 Å². The second-order valence-corrected chi connectivity index (χ2v) is 11.8. The van der Waals surface area contributed by atoms with Crippen LogP contribution >= 0.6 is 23.2 Å². The van der Waals surface area contributed by atoms with E-state index >= 15 is 0 Å². The Morgan fingerprint density at radius 1 is 1.00 bits per heavy atom. The number of carbonyl (C=O) groups excluding carboxylic acids is 1. The van der Waals surface area contributed by atoms with E-state index in [1.54, 1.807) is 18.2 Å². The summed E-state index contributed by atoms with van der Waals surface area (Å²) in [6.07, 6.45) is 1.31. The summed E-state index contributed by atoms with van der Waals surface area (Å²) < 4.78 is 30.2. The number of hydrogen-bond donors (Lipinski definition) is 2. The van der Waals surface area contributed by atoms with Crippen molar-refractivity contribution in [1.29, 1.82) is 0 Å². The van der Waals surface area contributed by atoms with Gasteiger partial charge in [0, 0.05) is 10.4 Å². The standard InChI is InChI=1S/C27H20Cl2N6O3S/c1-14-3-6-18(7-4-14)39(37,38)35-24-10-16(28)9-21(29)19(24)12-25(35)26(36)20-13-31-34(27(20)30)17-5-8-22-23(11-17)33-15(2)32-22/h3-13H,30H2,1-2H3,(H,32,33). The Bertz CT molecular complexity index is 2060. The number of aromatic amines is 1. The molecule has 3 aromatic heterocycles. The fourth-order valence-corrected chi connectivity index (χ4v) is 6.61. The number of halogens is 2. The number of carbonyl (C=O) groups is 1. The zero-order chi connectivity index (χ0) is 27.6. The lowest BCUT2D eigenvalue weighted by atomic mass is 10.1. The Morgan fingerprint density at radius 3 is 2.49 bits per heavy atom. The second kappa shape index (κ2) is 8.98. The predicted molar refractivity (Wildman–Crippen MR) is 152 cm³/mol. The Morgan fingerprint density at radius 2 is 1.74 bits per heavy atom. The fraction of sp³-hybridized carbons (Fsp3) is 0.0741. The van der Waals surface area contributed by atoms with Gasteiger partial charge in [0.1, 0.15) is 17.3 Å². The first-order chi connectivity index (χ1) is 18.5. The van der Waals surface area contributed by atoms with Gasteiger partial charge in [0.2, 0.25) is 5.78 Å². The molecule has 0 radical (unpaired) electrons. The van der Waals surface area contributed by atoms with Gasteiger partial charge in [-0.1, -0.05) is 40.9 Å². The van der Waals surface area contributed by atoms with E-state index in [0.29, 0.717) is 11.1 Å². The van der Waals surface area contributed by atoms with Crippen molar-refractivity contribution in [2.24, 2.45) is 0 Å². The molecule has 0 amide bonds. The molecule has 0 spiro atoms. The summed E-state index contributed by atoms with van der Waals surface area (Å²) in [5.74, 6) is 0.161. The summed E-state index contributed by atoms with van der Waals surface area (Å²) in [5, 5.41) is 5.10. The largest absolute Gasteiger partial charge is 0.383 e. The molecular formula is C27H20Cl2N6O3S. The van der Waals surface area contributed by atoms with Crippen molar-refractivity contribution < 1.29 is 13.2 Å². The minimum Gasteiger partial charge on any atom is -0.383 e. The Kier molecular flexibility index (Phi) is 5.79. The molecule has 39 heavy (non-hydrogen) atoms. The number of aromatic nitrogens is 5. The molecule has 196 valence electrons. The first kappa shape index (κ1) is 25.2. The number of rotatable bonds is 5. The van der Waals surface area contributed by atoms with Crippen LogP contribution in [-0.2, 0) is 10.0 Å². The molecule has 0 saturated heterocycles. The number of hydrogen-bond acceptors (Lipinski definition) is 6. The first-order valence-corrected chi connectivity index (χ1v) is 13.9. The lowest BCUT2D eigenvalue weighted by Crippen LogP contribution is -2.19. The minimum atomic E-state index is -4.24. The quantitative estimate of drug-likeness (QED) is 0.253. The first-order valence-electron chi connectivity index (χ1n) is 11.7. The van der Waals surface area contributed by atoms with Gasteiger partial charge in [-0.3, -0.25) is 4.79 Å². The molecule has 0 fully saturated rings. The Balaban J connectivity index is 1.53. The molecule has 6 rings (SSSR count). The van der Waals surface area contributed by atoms with Gasteiger partial charge in [-0.25, -0.2) is 22.1 Å². The number of nitrogens with one attached hydrogen (secondary N) is 1. The van der Waals surface area contributed by atoms with Gasteiger partial charge in [0.15, 0.2) is 0 Å². The third-order valence-corrected chi connectivity index (χ3v) is 8.74. The van der Waals surface area contributed by atoms with E-state index < -0.39 is 15.8 Å². The number of nitrogens with two attached hydrogens (primary N) is 1. The number of ketones is 1. The maximum Gasteiger partial charge on any atom is 0.268 e. The summed E-state index contributed by atoms with van der Waals surface area (Å²) in [5.41, 5.74) is 9.50. The molecule has 0 bridgehead atoms. The van der Waals surface area contributed by atoms with Crippen molar-refractivity contribution in [3.63, 3.8) is 0 Å². The highest BCUT2D eigenvalue weighted by molar-refractivity contribution is 7.90. The summed E-state index contributed by atoms with van der Waals surface area (Å²) in [4.78, 5) is 21.5. The zero-order valence-electron chi connectivity index (χ0n) is 20.6. The number of H-pyrrole nitrogens is 1. The van der Waals surface area contributed by atoms with Gasteiger partial charge in [0.05, 0.1) is 43.9 Å². The van der Waals surface area contributed by atoms with Crippen LogP contribution in [0.3, 0.4) is 0 Å². The van der Waals surface area contributed by atoms with Crippen LogP contribution in [0, 0.1) is 13.8 Å². The molecule has 0 atom stereocenters. The molecule has 3 N–H and O–H groups in total. The molecule has 12 heteroatoms. The van der Waals surface area contributed by atoms with Crippen LogP contribution in [0.1, 0.15) is 27.4 Å². The number of aryl methyl sites for hydroxylation is 2. The average Bonchev–Trinajstić information content (AvgIpc) is 3.57. The minimum absolute atomic E-state index is 0.00238. The monoisotopic (exact) mass is 578 g/mol. The predicted octanol–water partition coefficient (Wildman–Crippen LogP) is 5.68. The molecule has 6 aromatic rings. The maximum absolute atomic E-state index is 13.9. The van der Waals surface area contributed by atoms with E-state index in [-0.39, 0.29) is 37.5 Å². The van der Waals surface area contributed by atoms with E-state index in [1.807, 2.05) is 26.0 Å². The summed E-state index contributed by atoms with van der Waals surface area (Å²) >= 11 is 12.7. The highest BCUT2D eigenvalue weighted by Gasteiger charge is 2.30. The zero-order valence-corrected chi connectivity index (χ0v) is 22.9. The van der Waals surface area contributed by atoms with Gasteiger partial charge in [-0.05, 0) is 62.4 Å². The van der Waals surface area contributed by atoms with Gasteiger partial charge in [0.25, 0.3) is 10.0 Å². The van der Waals surface area contributed by atoms with E-state index in [9.17, 15) is 13.2 Å². The van der Waals surface area contributed by atoms with Gasteiger partial charge < -0.3 is 10.7 Å². The van der Waals surface area contributed by atoms with Crippen molar-refractivity contribution in [1.82, 2.24) is 23.7 Å². The summed E-state index contributed by atoms with van der Waals surface area (Å²) in [6.45, 7) is 3.70. The van der Waals surface area contributed by atoms with Gasteiger partial charge in [-0.15, -0.1) is 0 Å². The number of imidazole rings is 1. The number of fused-ring (bicyclic) bond motifs is 2. The van der Waals surface area contributed by atoms with Crippen LogP contribution in [-0.4, -0.2) is 37.9 Å². The molecule has 0 unspecified atom stereocenters. The van der Waals surface area contributed by atoms with E-state index in [0.717, 1.165) is 26.4 Å². The Hall–Kier alpha value is -4.12.